The molecule has 3 heteroatoms. The van der Waals surface area contributed by atoms with Gasteiger partial charge in [-0.1, -0.05) is 66.7 Å². The fraction of sp³-hybridized carbons (Fsp3) is 0. The van der Waals surface area contributed by atoms with Gasteiger partial charge in [-0.2, -0.15) is 0 Å². The first-order chi connectivity index (χ1) is 13.3. The van der Waals surface area contributed by atoms with Crippen LogP contribution >= 0.6 is 0 Å². The minimum absolute atomic E-state index is 0.0657. The van der Waals surface area contributed by atoms with E-state index in [9.17, 15) is 4.79 Å². The van der Waals surface area contributed by atoms with E-state index >= 15 is 0 Å². The van der Waals surface area contributed by atoms with Crippen LogP contribution in [0.3, 0.4) is 0 Å². The van der Waals surface area contributed by atoms with E-state index in [1.54, 1.807) is 0 Å². The van der Waals surface area contributed by atoms with Gasteiger partial charge in [0.2, 0.25) is 0 Å². The lowest BCUT2D eigenvalue weighted by atomic mass is 10.0. The molecule has 0 atom stereocenters. The number of benzene rings is 3. The molecule has 0 radical (unpaired) electrons. The molecular weight excluding hydrogens is 332 g/mol. The van der Waals surface area contributed by atoms with Crippen LogP contribution in [-0.2, 0) is 0 Å². The number of nitrogens with one attached hydrogen (secondary N) is 1. The van der Waals surface area contributed by atoms with Crippen molar-refractivity contribution in [1.82, 2.24) is 10.3 Å². The predicted octanol–water partition coefficient (Wildman–Crippen LogP) is 5.14. The Morgan fingerprint density at radius 2 is 1.44 bits per heavy atom. The Kier molecular flexibility index (Phi) is 3.58. The number of fused-ring (bicyclic) bond motifs is 2. The second-order valence-corrected chi connectivity index (χ2v) is 6.53. The van der Waals surface area contributed by atoms with Crippen molar-refractivity contribution in [2.24, 2.45) is 0 Å². The van der Waals surface area contributed by atoms with Gasteiger partial charge >= 0.3 is 0 Å². The highest BCUT2D eigenvalue weighted by Gasteiger charge is 2.22. The molecule has 128 valence electrons. The Morgan fingerprint density at radius 1 is 0.704 bits per heavy atom. The van der Waals surface area contributed by atoms with Crippen molar-refractivity contribution < 1.29 is 4.79 Å². The summed E-state index contributed by atoms with van der Waals surface area (Å²) in [6, 6.07) is 28.2. The normalized spacial score (nSPS) is 14.4. The van der Waals surface area contributed by atoms with Crippen LogP contribution in [0.1, 0.15) is 21.6 Å². The van der Waals surface area contributed by atoms with Gasteiger partial charge in [0.05, 0.1) is 16.9 Å². The molecule has 0 spiro atoms. The van der Waals surface area contributed by atoms with Gasteiger partial charge in [-0.25, -0.2) is 4.98 Å². The van der Waals surface area contributed by atoms with Crippen LogP contribution in [0.5, 0.6) is 0 Å². The zero-order valence-electron chi connectivity index (χ0n) is 14.5. The van der Waals surface area contributed by atoms with Crippen molar-refractivity contribution in [3.8, 4) is 11.1 Å². The molecule has 4 aromatic rings. The van der Waals surface area contributed by atoms with Crippen LogP contribution in [0.4, 0.5) is 0 Å². The van der Waals surface area contributed by atoms with Crippen LogP contribution in [0.15, 0.2) is 84.9 Å². The standard InChI is InChI=1S/C24H16N2O/c27-24-21-10-5-4-9-19(21)23(26-24)15-17-13-14-20-18(11-6-12-22(20)25-17)16-7-2-1-3-8-16/h1-15H,(H,26,27). The molecule has 0 saturated carbocycles. The topological polar surface area (TPSA) is 42.0 Å². The molecule has 27 heavy (non-hydrogen) atoms. The van der Waals surface area contributed by atoms with Crippen LogP contribution in [0, 0.1) is 0 Å². The largest absolute Gasteiger partial charge is 0.321 e. The predicted molar refractivity (Wildman–Crippen MR) is 109 cm³/mol. The van der Waals surface area contributed by atoms with Gasteiger partial charge in [-0.3, -0.25) is 4.79 Å². The molecule has 1 aliphatic heterocycles. The molecule has 0 bridgehead atoms. The third kappa shape index (κ3) is 2.70. The summed E-state index contributed by atoms with van der Waals surface area (Å²) in [5.41, 5.74) is 6.51. The molecule has 3 nitrogen and oxygen atoms in total. The summed E-state index contributed by atoms with van der Waals surface area (Å²) < 4.78 is 0. The average molecular weight is 348 g/mol. The number of amides is 1. The smallest absolute Gasteiger partial charge is 0.256 e. The molecule has 1 aliphatic rings. The van der Waals surface area contributed by atoms with Crippen molar-refractivity contribution in [3.63, 3.8) is 0 Å². The molecule has 1 amide bonds. The van der Waals surface area contributed by atoms with Gasteiger partial charge in [0.25, 0.3) is 5.91 Å². The number of pyridine rings is 1. The van der Waals surface area contributed by atoms with E-state index in [1.165, 1.54) is 11.1 Å². The highest BCUT2D eigenvalue weighted by molar-refractivity contribution is 6.11. The zero-order valence-corrected chi connectivity index (χ0v) is 14.5. The number of carbonyl (C=O) groups is 1. The Balaban J connectivity index is 1.60. The van der Waals surface area contributed by atoms with E-state index < -0.39 is 0 Å². The van der Waals surface area contributed by atoms with E-state index in [4.69, 9.17) is 4.98 Å². The SMILES string of the molecule is O=C1NC(=Cc2ccc3c(-c4ccccc4)cccc3n2)c2ccccc21. The Labute approximate surface area is 157 Å². The van der Waals surface area contributed by atoms with Gasteiger partial charge in [0.1, 0.15) is 0 Å². The molecular formula is C24H16N2O. The summed E-state index contributed by atoms with van der Waals surface area (Å²) >= 11 is 0. The first-order valence-corrected chi connectivity index (χ1v) is 8.87. The maximum atomic E-state index is 12.1. The van der Waals surface area contributed by atoms with E-state index in [0.717, 1.165) is 27.9 Å². The number of aromatic nitrogens is 1. The summed E-state index contributed by atoms with van der Waals surface area (Å²) in [4.78, 5) is 16.9. The molecule has 0 saturated heterocycles. The van der Waals surface area contributed by atoms with E-state index in [1.807, 2.05) is 66.7 Å². The van der Waals surface area contributed by atoms with E-state index in [0.29, 0.717) is 5.56 Å². The van der Waals surface area contributed by atoms with Gasteiger partial charge in [0.15, 0.2) is 0 Å². The minimum atomic E-state index is -0.0657. The van der Waals surface area contributed by atoms with Crippen molar-refractivity contribution in [2.45, 2.75) is 0 Å². The van der Waals surface area contributed by atoms with Gasteiger partial charge < -0.3 is 5.32 Å². The molecule has 1 N–H and O–H groups in total. The second kappa shape index (κ2) is 6.22. The lowest BCUT2D eigenvalue weighted by Gasteiger charge is -2.07. The Bertz CT molecular complexity index is 1210. The number of hydrogen-bond acceptors (Lipinski definition) is 2. The highest BCUT2D eigenvalue weighted by atomic mass is 16.1. The summed E-state index contributed by atoms with van der Waals surface area (Å²) in [5, 5.41) is 4.05. The lowest BCUT2D eigenvalue weighted by Crippen LogP contribution is -2.12. The first-order valence-electron chi connectivity index (χ1n) is 8.87. The lowest BCUT2D eigenvalue weighted by molar-refractivity contribution is 0.0981. The fourth-order valence-electron chi connectivity index (χ4n) is 3.56. The van der Waals surface area contributed by atoms with Crippen LogP contribution in [0.2, 0.25) is 0 Å². The number of nitrogens with zero attached hydrogens (tertiary/aromatic N) is 1. The minimum Gasteiger partial charge on any atom is -0.321 e. The average Bonchev–Trinajstić information content (AvgIpc) is 3.04. The first kappa shape index (κ1) is 15.5. The molecule has 5 rings (SSSR count). The quantitative estimate of drug-likeness (QED) is 0.545. The summed E-state index contributed by atoms with van der Waals surface area (Å²) in [6.45, 7) is 0. The van der Waals surface area contributed by atoms with Crippen LogP contribution in [-0.4, -0.2) is 10.9 Å². The third-order valence-corrected chi connectivity index (χ3v) is 4.84. The van der Waals surface area contributed by atoms with E-state index in [-0.39, 0.29) is 5.91 Å². The third-order valence-electron chi connectivity index (χ3n) is 4.84. The van der Waals surface area contributed by atoms with E-state index in [2.05, 4.69) is 29.6 Å². The summed E-state index contributed by atoms with van der Waals surface area (Å²) in [7, 11) is 0. The Morgan fingerprint density at radius 3 is 2.30 bits per heavy atom. The van der Waals surface area contributed by atoms with Gasteiger partial charge in [0, 0.05) is 16.5 Å². The molecule has 2 heterocycles. The van der Waals surface area contributed by atoms with Crippen LogP contribution in [0.25, 0.3) is 33.8 Å². The number of hydrogen-bond donors (Lipinski definition) is 1. The van der Waals surface area contributed by atoms with Crippen molar-refractivity contribution in [1.29, 1.82) is 0 Å². The fourth-order valence-corrected chi connectivity index (χ4v) is 3.56. The van der Waals surface area contributed by atoms with Gasteiger partial charge in [-0.15, -0.1) is 0 Å². The summed E-state index contributed by atoms with van der Waals surface area (Å²) in [5.74, 6) is -0.0657. The number of carbonyl (C=O) groups excluding carboxylic acids is 1. The van der Waals surface area contributed by atoms with Crippen molar-refractivity contribution in [2.75, 3.05) is 0 Å². The molecule has 3 aromatic carbocycles. The molecule has 0 unspecified atom stereocenters. The zero-order chi connectivity index (χ0) is 18.2. The maximum absolute atomic E-state index is 12.1. The molecule has 0 fully saturated rings. The summed E-state index contributed by atoms with van der Waals surface area (Å²) in [6.07, 6.45) is 1.93. The monoisotopic (exact) mass is 348 g/mol. The number of rotatable bonds is 2. The highest BCUT2D eigenvalue weighted by Crippen LogP contribution is 2.29. The maximum Gasteiger partial charge on any atom is 0.256 e. The van der Waals surface area contributed by atoms with Gasteiger partial charge in [-0.05, 0) is 35.4 Å². The van der Waals surface area contributed by atoms with Crippen LogP contribution < -0.4 is 5.32 Å². The Hall–Kier alpha value is -3.72. The van der Waals surface area contributed by atoms with Crippen molar-refractivity contribution in [3.05, 3.63) is 102 Å². The molecule has 0 aliphatic carbocycles. The van der Waals surface area contributed by atoms with Crippen molar-refractivity contribution >= 4 is 28.6 Å². The molecule has 1 aromatic heterocycles. The second-order valence-electron chi connectivity index (χ2n) is 6.53.